The first-order chi connectivity index (χ1) is 10.1. The van der Waals surface area contributed by atoms with Crippen LogP contribution >= 0.6 is 0 Å². The molecule has 1 aliphatic heterocycles. The summed E-state index contributed by atoms with van der Waals surface area (Å²) >= 11 is 0. The molecule has 1 aromatic carbocycles. The Kier molecular flexibility index (Phi) is 5.59. The fraction of sp³-hybridized carbons (Fsp3) is 0.562. The highest BCUT2D eigenvalue weighted by Gasteiger charge is 2.23. The minimum Gasteiger partial charge on any atom is -0.492 e. The number of ether oxygens (including phenoxy) is 2. The van der Waals surface area contributed by atoms with Crippen LogP contribution in [-0.2, 0) is 9.53 Å². The zero-order chi connectivity index (χ0) is 15.2. The molecular formula is C16H24N2O3. The number of benzene rings is 1. The number of nitrogens with zero attached hydrogens (tertiary/aromatic N) is 1. The molecule has 1 fully saturated rings. The Morgan fingerprint density at radius 3 is 2.67 bits per heavy atom. The van der Waals surface area contributed by atoms with Crippen LogP contribution in [0.3, 0.4) is 0 Å². The molecule has 2 unspecified atom stereocenters. The molecule has 0 aromatic heterocycles. The number of carbonyl (C=O) groups is 1. The van der Waals surface area contributed by atoms with Gasteiger partial charge in [0.25, 0.3) is 0 Å². The summed E-state index contributed by atoms with van der Waals surface area (Å²) < 4.78 is 11.2. The van der Waals surface area contributed by atoms with Gasteiger partial charge in [-0.15, -0.1) is 0 Å². The minimum atomic E-state index is -0.0246. The van der Waals surface area contributed by atoms with Crippen LogP contribution in [0.25, 0.3) is 0 Å². The molecule has 0 spiro atoms. The third-order valence-electron chi connectivity index (χ3n) is 3.32. The molecule has 1 aliphatic rings. The highest BCUT2D eigenvalue weighted by molar-refractivity contribution is 5.93. The number of carbonyl (C=O) groups excluding carboxylic acids is 1. The van der Waals surface area contributed by atoms with E-state index in [0.29, 0.717) is 18.9 Å². The van der Waals surface area contributed by atoms with Gasteiger partial charge < -0.3 is 14.8 Å². The van der Waals surface area contributed by atoms with E-state index in [0.717, 1.165) is 18.8 Å². The molecule has 2 rings (SSSR count). The monoisotopic (exact) mass is 292 g/mol. The van der Waals surface area contributed by atoms with Crippen LogP contribution in [0.4, 0.5) is 5.69 Å². The van der Waals surface area contributed by atoms with Gasteiger partial charge in [-0.2, -0.15) is 0 Å². The van der Waals surface area contributed by atoms with Crippen molar-refractivity contribution in [1.82, 2.24) is 4.90 Å². The number of anilines is 1. The Morgan fingerprint density at radius 2 is 2.00 bits per heavy atom. The lowest BCUT2D eigenvalue weighted by Crippen LogP contribution is -2.48. The normalized spacial score (nSPS) is 22.8. The maximum Gasteiger partial charge on any atom is 0.238 e. The quantitative estimate of drug-likeness (QED) is 0.903. The molecule has 1 aromatic rings. The number of hydrogen-bond acceptors (Lipinski definition) is 4. The van der Waals surface area contributed by atoms with Crippen molar-refractivity contribution in [2.24, 2.45) is 0 Å². The average molecular weight is 292 g/mol. The van der Waals surface area contributed by atoms with Crippen molar-refractivity contribution in [2.45, 2.75) is 33.0 Å². The second-order valence-electron chi connectivity index (χ2n) is 5.43. The third kappa shape index (κ3) is 4.72. The molecule has 1 saturated heterocycles. The van der Waals surface area contributed by atoms with Gasteiger partial charge in [-0.05, 0) is 32.9 Å². The molecule has 0 saturated carbocycles. The van der Waals surface area contributed by atoms with Crippen molar-refractivity contribution in [2.75, 3.05) is 31.6 Å². The molecule has 0 bridgehead atoms. The van der Waals surface area contributed by atoms with Gasteiger partial charge in [-0.1, -0.05) is 12.1 Å². The first-order valence-corrected chi connectivity index (χ1v) is 7.48. The van der Waals surface area contributed by atoms with Gasteiger partial charge in [-0.3, -0.25) is 9.69 Å². The first-order valence-electron chi connectivity index (χ1n) is 7.48. The Balaban J connectivity index is 1.92. The second-order valence-corrected chi connectivity index (χ2v) is 5.43. The molecule has 0 aliphatic carbocycles. The van der Waals surface area contributed by atoms with Gasteiger partial charge >= 0.3 is 0 Å². The summed E-state index contributed by atoms with van der Waals surface area (Å²) in [6.07, 6.45) is 0.328. The van der Waals surface area contributed by atoms with Crippen molar-refractivity contribution < 1.29 is 14.3 Å². The van der Waals surface area contributed by atoms with E-state index in [1.807, 2.05) is 45.0 Å². The largest absolute Gasteiger partial charge is 0.492 e. The Hall–Kier alpha value is -1.59. The molecule has 2 atom stereocenters. The molecule has 1 amide bonds. The number of nitrogens with one attached hydrogen (secondary N) is 1. The third-order valence-corrected chi connectivity index (χ3v) is 3.32. The van der Waals surface area contributed by atoms with E-state index in [2.05, 4.69) is 10.2 Å². The van der Waals surface area contributed by atoms with E-state index in [-0.39, 0.29) is 18.1 Å². The van der Waals surface area contributed by atoms with Crippen molar-refractivity contribution in [3.05, 3.63) is 24.3 Å². The first kappa shape index (κ1) is 15.8. The van der Waals surface area contributed by atoms with Gasteiger partial charge in [0.15, 0.2) is 0 Å². The topological polar surface area (TPSA) is 50.8 Å². The molecule has 21 heavy (non-hydrogen) atoms. The summed E-state index contributed by atoms with van der Waals surface area (Å²) in [5, 5.41) is 2.93. The molecule has 1 N–H and O–H groups in total. The van der Waals surface area contributed by atoms with E-state index in [1.165, 1.54) is 0 Å². The van der Waals surface area contributed by atoms with Crippen molar-refractivity contribution >= 4 is 11.6 Å². The summed E-state index contributed by atoms with van der Waals surface area (Å²) in [6, 6.07) is 7.49. The van der Waals surface area contributed by atoms with Gasteiger partial charge in [0.2, 0.25) is 5.91 Å². The van der Waals surface area contributed by atoms with Crippen molar-refractivity contribution in [3.63, 3.8) is 0 Å². The predicted octanol–water partition coefficient (Wildman–Crippen LogP) is 2.13. The standard InChI is InChI=1S/C16H24N2O3/c1-4-20-15-8-6-5-7-14(15)17-16(19)11-18-9-12(2)21-13(3)10-18/h5-8,12-13H,4,9-11H2,1-3H3,(H,17,19). The van der Waals surface area contributed by atoms with Gasteiger partial charge in [-0.25, -0.2) is 0 Å². The van der Waals surface area contributed by atoms with Crippen LogP contribution < -0.4 is 10.1 Å². The molecule has 1 heterocycles. The SMILES string of the molecule is CCOc1ccccc1NC(=O)CN1CC(C)OC(C)C1. The predicted molar refractivity (Wildman–Crippen MR) is 82.7 cm³/mol. The van der Waals surface area contributed by atoms with Gasteiger partial charge in [0.05, 0.1) is 31.0 Å². The molecule has 5 heteroatoms. The summed E-state index contributed by atoms with van der Waals surface area (Å²) in [6.45, 7) is 8.50. The molecule has 0 radical (unpaired) electrons. The molecule has 116 valence electrons. The van der Waals surface area contributed by atoms with Gasteiger partial charge in [0, 0.05) is 13.1 Å². The van der Waals surface area contributed by atoms with E-state index >= 15 is 0 Å². The maximum atomic E-state index is 12.2. The van der Waals surface area contributed by atoms with E-state index < -0.39 is 0 Å². The van der Waals surface area contributed by atoms with Crippen LogP contribution in [0.5, 0.6) is 5.75 Å². The van der Waals surface area contributed by atoms with Crippen molar-refractivity contribution in [3.8, 4) is 5.75 Å². The zero-order valence-corrected chi connectivity index (χ0v) is 13.0. The van der Waals surface area contributed by atoms with E-state index in [4.69, 9.17) is 9.47 Å². The average Bonchev–Trinajstić information content (AvgIpc) is 2.40. The van der Waals surface area contributed by atoms with Crippen LogP contribution in [0.1, 0.15) is 20.8 Å². The van der Waals surface area contributed by atoms with Crippen molar-refractivity contribution in [1.29, 1.82) is 0 Å². The van der Waals surface area contributed by atoms with E-state index in [9.17, 15) is 4.79 Å². The zero-order valence-electron chi connectivity index (χ0n) is 13.0. The fourth-order valence-electron chi connectivity index (χ4n) is 2.66. The number of amides is 1. The Bertz CT molecular complexity index is 468. The van der Waals surface area contributed by atoms with Gasteiger partial charge in [0.1, 0.15) is 5.75 Å². The number of hydrogen-bond donors (Lipinski definition) is 1. The number of rotatable bonds is 5. The fourth-order valence-corrected chi connectivity index (χ4v) is 2.66. The minimum absolute atomic E-state index is 0.0246. The summed E-state index contributed by atoms with van der Waals surface area (Å²) in [7, 11) is 0. The summed E-state index contributed by atoms with van der Waals surface area (Å²) in [4.78, 5) is 14.3. The van der Waals surface area contributed by atoms with Crippen LogP contribution in [-0.4, -0.2) is 49.3 Å². The number of para-hydroxylation sites is 2. The maximum absolute atomic E-state index is 12.2. The lowest BCUT2D eigenvalue weighted by Gasteiger charge is -2.34. The number of morpholine rings is 1. The lowest BCUT2D eigenvalue weighted by molar-refractivity contribution is -0.121. The second kappa shape index (κ2) is 7.43. The smallest absolute Gasteiger partial charge is 0.238 e. The highest BCUT2D eigenvalue weighted by atomic mass is 16.5. The van der Waals surface area contributed by atoms with E-state index in [1.54, 1.807) is 0 Å². The highest BCUT2D eigenvalue weighted by Crippen LogP contribution is 2.23. The molecular weight excluding hydrogens is 268 g/mol. The summed E-state index contributed by atoms with van der Waals surface area (Å²) in [5.41, 5.74) is 0.721. The van der Waals surface area contributed by atoms with Crippen LogP contribution in [0.2, 0.25) is 0 Å². The lowest BCUT2D eigenvalue weighted by atomic mass is 10.2. The summed E-state index contributed by atoms with van der Waals surface area (Å²) in [5.74, 6) is 0.681. The Labute approximate surface area is 126 Å². The van der Waals surface area contributed by atoms with Crippen LogP contribution in [0, 0.1) is 0 Å². The molecule has 5 nitrogen and oxygen atoms in total. The van der Waals surface area contributed by atoms with Crippen LogP contribution in [0.15, 0.2) is 24.3 Å². The Morgan fingerprint density at radius 1 is 1.33 bits per heavy atom.